The second-order valence-electron chi connectivity index (χ2n) is 4.38. The zero-order valence-electron chi connectivity index (χ0n) is 9.64. The first kappa shape index (κ1) is 12.4. The molecule has 0 bridgehead atoms. The summed E-state index contributed by atoms with van der Waals surface area (Å²) in [7, 11) is 0. The van der Waals surface area contributed by atoms with Gasteiger partial charge in [0.25, 0.3) is 0 Å². The molecule has 1 heterocycles. The zero-order chi connectivity index (χ0) is 12.4. The van der Waals surface area contributed by atoms with Crippen LogP contribution < -0.4 is 5.32 Å². The minimum absolute atomic E-state index is 0.206. The fourth-order valence-electron chi connectivity index (χ4n) is 2.02. The van der Waals surface area contributed by atoms with Crippen LogP contribution in [-0.4, -0.2) is 30.6 Å². The highest BCUT2D eigenvalue weighted by Crippen LogP contribution is 2.17. The van der Waals surface area contributed by atoms with E-state index in [4.69, 9.17) is 0 Å². The molecule has 1 atom stereocenters. The van der Waals surface area contributed by atoms with E-state index in [0.29, 0.717) is 12.6 Å². The number of hydrogen-bond donors (Lipinski definition) is 1. The summed E-state index contributed by atoms with van der Waals surface area (Å²) in [4.78, 5) is 2.05. The lowest BCUT2D eigenvalue weighted by atomic mass is 10.1. The molecule has 1 N–H and O–H groups in total. The van der Waals surface area contributed by atoms with Crippen molar-refractivity contribution >= 4 is 0 Å². The summed E-state index contributed by atoms with van der Waals surface area (Å²) in [6.07, 6.45) is 0. The molecule has 1 unspecified atom stereocenters. The van der Waals surface area contributed by atoms with Gasteiger partial charge in [-0.1, -0.05) is 0 Å². The van der Waals surface area contributed by atoms with Gasteiger partial charge in [0, 0.05) is 43.9 Å². The summed E-state index contributed by atoms with van der Waals surface area (Å²) in [5.74, 6) is -2.82. The Kier molecular flexibility index (Phi) is 3.69. The van der Waals surface area contributed by atoms with Crippen molar-refractivity contribution in [2.45, 2.75) is 19.5 Å². The van der Waals surface area contributed by atoms with Gasteiger partial charge in [-0.3, -0.25) is 4.90 Å². The van der Waals surface area contributed by atoms with E-state index in [1.54, 1.807) is 0 Å². The summed E-state index contributed by atoms with van der Waals surface area (Å²) >= 11 is 0. The van der Waals surface area contributed by atoms with Crippen molar-refractivity contribution in [3.05, 3.63) is 35.1 Å². The van der Waals surface area contributed by atoms with Gasteiger partial charge in [0.05, 0.1) is 0 Å². The second kappa shape index (κ2) is 5.06. The average molecular weight is 244 g/mol. The van der Waals surface area contributed by atoms with Gasteiger partial charge in [-0.15, -0.1) is 0 Å². The maximum atomic E-state index is 13.5. The Morgan fingerprint density at radius 1 is 1.24 bits per heavy atom. The first-order valence-electron chi connectivity index (χ1n) is 5.66. The number of nitrogens with one attached hydrogen (secondary N) is 1. The molecular formula is C12H15F3N2. The highest BCUT2D eigenvalue weighted by molar-refractivity contribution is 5.20. The van der Waals surface area contributed by atoms with Crippen LogP contribution in [0, 0.1) is 17.5 Å². The molecule has 0 aliphatic carbocycles. The minimum atomic E-state index is -1.14. The molecule has 2 rings (SSSR count). The number of rotatable bonds is 2. The third-order valence-corrected chi connectivity index (χ3v) is 3.10. The Morgan fingerprint density at radius 3 is 2.65 bits per heavy atom. The molecule has 0 saturated carbocycles. The Labute approximate surface area is 98.4 Å². The van der Waals surface area contributed by atoms with Crippen molar-refractivity contribution in [3.63, 3.8) is 0 Å². The van der Waals surface area contributed by atoms with Crippen molar-refractivity contribution in [2.75, 3.05) is 19.6 Å². The molecule has 0 aromatic heterocycles. The molecule has 0 radical (unpaired) electrons. The van der Waals surface area contributed by atoms with E-state index in [0.717, 1.165) is 25.7 Å². The number of benzene rings is 1. The first-order valence-corrected chi connectivity index (χ1v) is 5.66. The van der Waals surface area contributed by atoms with E-state index < -0.39 is 17.5 Å². The van der Waals surface area contributed by atoms with E-state index >= 15 is 0 Å². The molecule has 1 aliphatic heterocycles. The molecule has 1 saturated heterocycles. The highest BCUT2D eigenvalue weighted by Gasteiger charge is 2.20. The normalized spacial score (nSPS) is 21.8. The Balaban J connectivity index is 2.15. The summed E-state index contributed by atoms with van der Waals surface area (Å²) in [5.41, 5.74) is 0.206. The van der Waals surface area contributed by atoms with Gasteiger partial charge in [0.1, 0.15) is 5.82 Å². The van der Waals surface area contributed by atoms with E-state index in [-0.39, 0.29) is 11.6 Å². The number of nitrogens with zero attached hydrogens (tertiary/aromatic N) is 1. The zero-order valence-corrected chi connectivity index (χ0v) is 9.64. The third kappa shape index (κ3) is 2.79. The fourth-order valence-corrected chi connectivity index (χ4v) is 2.02. The van der Waals surface area contributed by atoms with E-state index in [1.165, 1.54) is 0 Å². The van der Waals surface area contributed by atoms with Crippen LogP contribution >= 0.6 is 0 Å². The Hall–Kier alpha value is -1.07. The summed E-state index contributed by atoms with van der Waals surface area (Å²) in [5, 5.41) is 3.22. The van der Waals surface area contributed by atoms with E-state index in [9.17, 15) is 13.2 Å². The SMILES string of the molecule is CC1CNCCN1Cc1cc(F)c(F)cc1F. The van der Waals surface area contributed by atoms with Gasteiger partial charge in [-0.05, 0) is 13.0 Å². The van der Waals surface area contributed by atoms with Gasteiger partial charge >= 0.3 is 0 Å². The largest absolute Gasteiger partial charge is 0.314 e. The molecule has 94 valence electrons. The van der Waals surface area contributed by atoms with E-state index in [1.807, 2.05) is 11.8 Å². The maximum absolute atomic E-state index is 13.5. The number of hydrogen-bond acceptors (Lipinski definition) is 2. The smallest absolute Gasteiger partial charge is 0.161 e. The van der Waals surface area contributed by atoms with Crippen LogP contribution in [0.5, 0.6) is 0 Å². The van der Waals surface area contributed by atoms with Gasteiger partial charge in [0.2, 0.25) is 0 Å². The van der Waals surface area contributed by atoms with Crippen molar-refractivity contribution in [1.82, 2.24) is 10.2 Å². The van der Waals surface area contributed by atoms with Crippen LogP contribution in [0.1, 0.15) is 12.5 Å². The number of halogens is 3. The molecule has 5 heteroatoms. The monoisotopic (exact) mass is 244 g/mol. The average Bonchev–Trinajstić information content (AvgIpc) is 2.29. The summed E-state index contributed by atoms with van der Waals surface area (Å²) < 4.78 is 39.3. The van der Waals surface area contributed by atoms with Crippen LogP contribution in [0.4, 0.5) is 13.2 Å². The molecule has 17 heavy (non-hydrogen) atoms. The van der Waals surface area contributed by atoms with Gasteiger partial charge in [-0.2, -0.15) is 0 Å². The third-order valence-electron chi connectivity index (χ3n) is 3.10. The second-order valence-corrected chi connectivity index (χ2v) is 4.38. The van der Waals surface area contributed by atoms with Crippen molar-refractivity contribution in [3.8, 4) is 0 Å². The van der Waals surface area contributed by atoms with Crippen LogP contribution in [0.2, 0.25) is 0 Å². The predicted octanol–water partition coefficient (Wildman–Crippen LogP) is 1.90. The van der Waals surface area contributed by atoms with Crippen LogP contribution in [0.25, 0.3) is 0 Å². The highest BCUT2D eigenvalue weighted by atomic mass is 19.2. The molecule has 0 amide bonds. The molecule has 1 aromatic rings. The molecule has 1 aliphatic rings. The predicted molar refractivity (Wildman–Crippen MR) is 59.1 cm³/mol. The summed E-state index contributed by atoms with van der Waals surface area (Å²) in [6, 6.07) is 1.81. The molecule has 1 fully saturated rings. The quantitative estimate of drug-likeness (QED) is 0.799. The minimum Gasteiger partial charge on any atom is -0.314 e. The van der Waals surface area contributed by atoms with Crippen LogP contribution in [0.15, 0.2) is 12.1 Å². The van der Waals surface area contributed by atoms with Gasteiger partial charge in [0.15, 0.2) is 11.6 Å². The standard InChI is InChI=1S/C12H15F3N2/c1-8-6-16-2-3-17(8)7-9-4-11(14)12(15)5-10(9)13/h4-5,8,16H,2-3,6-7H2,1H3. The lowest BCUT2D eigenvalue weighted by Crippen LogP contribution is -2.49. The molecule has 2 nitrogen and oxygen atoms in total. The molecule has 0 spiro atoms. The van der Waals surface area contributed by atoms with Gasteiger partial charge < -0.3 is 5.32 Å². The Morgan fingerprint density at radius 2 is 1.94 bits per heavy atom. The van der Waals surface area contributed by atoms with Crippen molar-refractivity contribution in [1.29, 1.82) is 0 Å². The maximum Gasteiger partial charge on any atom is 0.161 e. The number of piperazine rings is 1. The van der Waals surface area contributed by atoms with Crippen LogP contribution in [-0.2, 0) is 6.54 Å². The summed E-state index contributed by atoms with van der Waals surface area (Å²) in [6.45, 7) is 4.76. The lowest BCUT2D eigenvalue weighted by molar-refractivity contribution is 0.163. The topological polar surface area (TPSA) is 15.3 Å². The van der Waals surface area contributed by atoms with Gasteiger partial charge in [-0.25, -0.2) is 13.2 Å². The van der Waals surface area contributed by atoms with E-state index in [2.05, 4.69) is 5.32 Å². The van der Waals surface area contributed by atoms with Crippen molar-refractivity contribution < 1.29 is 13.2 Å². The molecule has 1 aromatic carbocycles. The first-order chi connectivity index (χ1) is 8.08. The Bertz CT molecular complexity index is 409. The van der Waals surface area contributed by atoms with Crippen LogP contribution in [0.3, 0.4) is 0 Å². The lowest BCUT2D eigenvalue weighted by Gasteiger charge is -2.33. The van der Waals surface area contributed by atoms with Crippen molar-refractivity contribution in [2.24, 2.45) is 0 Å². The fraction of sp³-hybridized carbons (Fsp3) is 0.500. The molecular weight excluding hydrogens is 229 g/mol.